The van der Waals surface area contributed by atoms with Crippen LogP contribution < -0.4 is 15.0 Å². The van der Waals surface area contributed by atoms with Gasteiger partial charge in [-0.15, -0.1) is 0 Å². The van der Waals surface area contributed by atoms with E-state index >= 15 is 0 Å². The second-order valence-electron chi connectivity index (χ2n) is 6.14. The molecular formula is C21H19NO4. The largest absolute Gasteiger partial charge is 0.627 e. The molecule has 2 aromatic carbocycles. The maximum atomic E-state index is 12.8. The van der Waals surface area contributed by atoms with Crippen LogP contribution in [0.5, 0.6) is 5.75 Å². The van der Waals surface area contributed by atoms with Gasteiger partial charge in [0, 0.05) is 23.6 Å². The molecule has 5 nitrogen and oxygen atoms in total. The first-order valence-electron chi connectivity index (χ1n) is 8.21. The number of hydroxylamine groups is 2. The minimum Gasteiger partial charge on any atom is -0.627 e. The van der Waals surface area contributed by atoms with Gasteiger partial charge in [0.05, 0.1) is 7.05 Å². The maximum Gasteiger partial charge on any atom is 0.336 e. The van der Waals surface area contributed by atoms with Crippen LogP contribution in [0.25, 0.3) is 11.0 Å². The molecule has 0 radical (unpaired) electrons. The van der Waals surface area contributed by atoms with Crippen molar-refractivity contribution in [1.82, 2.24) is 4.65 Å². The molecule has 3 rings (SSSR count). The molecule has 0 aliphatic carbocycles. The lowest BCUT2D eigenvalue weighted by molar-refractivity contribution is 0.367. The summed E-state index contributed by atoms with van der Waals surface area (Å²) >= 11 is 0. The first-order valence-corrected chi connectivity index (χ1v) is 8.21. The summed E-state index contributed by atoms with van der Waals surface area (Å²) in [6.07, 6.45) is 0. The van der Waals surface area contributed by atoms with E-state index in [2.05, 4.69) is 11.8 Å². The van der Waals surface area contributed by atoms with Gasteiger partial charge in [0.1, 0.15) is 30.2 Å². The number of quaternary nitrogens is 1. The van der Waals surface area contributed by atoms with E-state index in [4.69, 9.17) is 9.15 Å². The Bertz CT molecular complexity index is 1040. The highest BCUT2D eigenvalue weighted by Gasteiger charge is 2.14. The molecule has 0 aliphatic heterocycles. The number of fused-ring (bicyclic) bond motifs is 1. The van der Waals surface area contributed by atoms with Crippen molar-refractivity contribution in [3.8, 4) is 17.6 Å². The van der Waals surface area contributed by atoms with Gasteiger partial charge in [0.2, 0.25) is 0 Å². The van der Waals surface area contributed by atoms with Gasteiger partial charge in [0.15, 0.2) is 0 Å². The number of aryl methyl sites for hydroxylation is 1. The van der Waals surface area contributed by atoms with Crippen LogP contribution in [0.3, 0.4) is 0 Å². The molecule has 5 heteroatoms. The van der Waals surface area contributed by atoms with E-state index in [1.807, 2.05) is 31.2 Å². The normalized spacial score (nSPS) is 12.9. The van der Waals surface area contributed by atoms with E-state index in [0.29, 0.717) is 16.7 Å². The average molecular weight is 349 g/mol. The lowest BCUT2D eigenvalue weighted by Crippen LogP contribution is -2.38. The lowest BCUT2D eigenvalue weighted by Gasteiger charge is -2.36. The van der Waals surface area contributed by atoms with E-state index in [-0.39, 0.29) is 13.2 Å². The number of rotatable bonds is 4. The van der Waals surface area contributed by atoms with Gasteiger partial charge in [-0.1, -0.05) is 24.1 Å². The van der Waals surface area contributed by atoms with Crippen molar-refractivity contribution >= 4 is 16.7 Å². The predicted molar refractivity (Wildman–Crippen MR) is 103 cm³/mol. The number of para-hydroxylation sites is 1. The molecule has 0 bridgehead atoms. The molecule has 26 heavy (non-hydrogen) atoms. The molecule has 0 aliphatic rings. The fourth-order valence-electron chi connectivity index (χ4n) is 2.53. The molecular weight excluding hydrogens is 330 g/mol. The number of hydrogen-bond donors (Lipinski definition) is 0. The Labute approximate surface area is 151 Å². The van der Waals surface area contributed by atoms with Crippen LogP contribution in [0.4, 0.5) is 5.69 Å². The zero-order chi connectivity index (χ0) is 18.6. The minimum atomic E-state index is -0.646. The molecule has 3 aromatic rings. The summed E-state index contributed by atoms with van der Waals surface area (Å²) in [5, 5.41) is 13.5. The van der Waals surface area contributed by atoms with E-state index in [0.717, 1.165) is 11.3 Å². The van der Waals surface area contributed by atoms with Crippen LogP contribution in [0.15, 0.2) is 63.8 Å². The molecule has 1 heterocycles. The molecule has 0 saturated carbocycles. The van der Waals surface area contributed by atoms with Crippen LogP contribution >= 0.6 is 0 Å². The third-order valence-corrected chi connectivity index (χ3v) is 4.05. The molecule has 1 aromatic heterocycles. The number of hydrogen-bond acceptors (Lipinski definition) is 4. The van der Waals surface area contributed by atoms with Crippen molar-refractivity contribution in [2.24, 2.45) is 0 Å². The summed E-state index contributed by atoms with van der Waals surface area (Å²) in [5.74, 6) is 6.56. The molecule has 132 valence electrons. The summed E-state index contributed by atoms with van der Waals surface area (Å²) in [6, 6.07) is 15.7. The smallest absolute Gasteiger partial charge is 0.336 e. The fourth-order valence-corrected chi connectivity index (χ4v) is 2.53. The van der Waals surface area contributed by atoms with E-state index in [9.17, 15) is 10.0 Å². The number of nitrogens with zero attached hydrogens (tertiary/aromatic N) is 1. The molecule has 0 spiro atoms. The molecule has 0 fully saturated rings. The Balaban J connectivity index is 1.66. The summed E-state index contributed by atoms with van der Waals surface area (Å²) < 4.78 is 10.0. The summed E-state index contributed by atoms with van der Waals surface area (Å²) in [7, 11) is 1.54. The average Bonchev–Trinajstić information content (AvgIpc) is 2.62. The number of ether oxygens (including phenoxy) is 1. The SMILES string of the molecule is Cc1ccccc1OCC#CC[N+](C)([O-])c1ccc2oc(=O)ccc2c1. The molecule has 1 unspecified atom stereocenters. The molecule has 1 atom stereocenters. The van der Waals surface area contributed by atoms with Gasteiger partial charge in [-0.25, -0.2) is 4.79 Å². The zero-order valence-electron chi connectivity index (χ0n) is 14.7. The van der Waals surface area contributed by atoms with Crippen molar-refractivity contribution in [3.05, 3.63) is 75.8 Å². The maximum absolute atomic E-state index is 12.8. The Morgan fingerprint density at radius 3 is 2.73 bits per heavy atom. The van der Waals surface area contributed by atoms with Crippen molar-refractivity contribution in [2.45, 2.75) is 6.92 Å². The lowest BCUT2D eigenvalue weighted by atomic mass is 10.2. The molecule has 0 saturated heterocycles. The Morgan fingerprint density at radius 2 is 1.92 bits per heavy atom. The van der Waals surface area contributed by atoms with Crippen LogP contribution in [0.1, 0.15) is 5.56 Å². The van der Waals surface area contributed by atoms with Gasteiger partial charge in [-0.05, 0) is 36.6 Å². The monoisotopic (exact) mass is 349 g/mol. The summed E-state index contributed by atoms with van der Waals surface area (Å²) in [4.78, 5) is 11.2. The zero-order valence-corrected chi connectivity index (χ0v) is 14.7. The standard InChI is InChI=1S/C21H19NO4/c1-16-7-3-4-8-19(16)25-14-6-5-13-22(2,24)18-10-11-20-17(15-18)9-12-21(23)26-20/h3-4,7-12,15H,13-14H2,1-2H3. The molecule has 0 amide bonds. The van der Waals surface area contributed by atoms with E-state index in [1.54, 1.807) is 24.3 Å². The van der Waals surface area contributed by atoms with Crippen molar-refractivity contribution in [1.29, 1.82) is 0 Å². The summed E-state index contributed by atoms with van der Waals surface area (Å²) in [6.45, 7) is 2.29. The summed E-state index contributed by atoms with van der Waals surface area (Å²) in [5.41, 5.74) is 1.63. The Hall–Kier alpha value is -3.07. The second-order valence-corrected chi connectivity index (χ2v) is 6.14. The van der Waals surface area contributed by atoms with Crippen LogP contribution in [0.2, 0.25) is 0 Å². The van der Waals surface area contributed by atoms with Gasteiger partial charge in [-0.3, -0.25) is 0 Å². The van der Waals surface area contributed by atoms with Crippen LogP contribution in [-0.4, -0.2) is 20.2 Å². The van der Waals surface area contributed by atoms with Gasteiger partial charge < -0.3 is 19.0 Å². The highest BCUT2D eigenvalue weighted by molar-refractivity contribution is 5.80. The first kappa shape index (κ1) is 17.7. The van der Waals surface area contributed by atoms with Gasteiger partial charge >= 0.3 is 5.63 Å². The van der Waals surface area contributed by atoms with E-state index in [1.165, 1.54) is 13.1 Å². The van der Waals surface area contributed by atoms with Crippen molar-refractivity contribution < 1.29 is 9.15 Å². The topological polar surface area (TPSA) is 62.5 Å². The van der Waals surface area contributed by atoms with E-state index < -0.39 is 10.3 Å². The van der Waals surface area contributed by atoms with Crippen molar-refractivity contribution in [2.75, 3.05) is 20.2 Å². The van der Waals surface area contributed by atoms with Crippen LogP contribution in [-0.2, 0) is 0 Å². The van der Waals surface area contributed by atoms with Crippen molar-refractivity contribution in [3.63, 3.8) is 0 Å². The highest BCUT2D eigenvalue weighted by Crippen LogP contribution is 2.24. The minimum absolute atomic E-state index is 0.0966. The Morgan fingerprint density at radius 1 is 1.12 bits per heavy atom. The first-order chi connectivity index (χ1) is 12.5. The highest BCUT2D eigenvalue weighted by atomic mass is 16.5. The quantitative estimate of drug-likeness (QED) is 0.312. The predicted octanol–water partition coefficient (Wildman–Crippen LogP) is 3.62. The van der Waals surface area contributed by atoms with Gasteiger partial charge in [-0.2, -0.15) is 0 Å². The number of benzene rings is 2. The van der Waals surface area contributed by atoms with Crippen LogP contribution in [0, 0.1) is 24.0 Å². The molecule has 0 N–H and O–H groups in total. The third kappa shape index (κ3) is 4.12. The Kier molecular flexibility index (Phi) is 5.08. The third-order valence-electron chi connectivity index (χ3n) is 4.05. The fraction of sp³-hybridized carbons (Fsp3) is 0.190. The van der Waals surface area contributed by atoms with Gasteiger partial charge in [0.25, 0.3) is 0 Å². The second kappa shape index (κ2) is 7.44.